The summed E-state index contributed by atoms with van der Waals surface area (Å²) < 4.78 is 16.7. The number of carbonyl (C=O) groups is 3. The van der Waals surface area contributed by atoms with Gasteiger partial charge < -0.3 is 24.8 Å². The molecule has 39 heavy (non-hydrogen) atoms. The third-order valence-electron chi connectivity index (χ3n) is 6.90. The number of carbonyl (C=O) groups excluding carboxylic acids is 3. The maximum Gasteiger partial charge on any atom is 0.411 e. The first-order chi connectivity index (χ1) is 19.0. The zero-order valence-corrected chi connectivity index (χ0v) is 21.7. The van der Waals surface area contributed by atoms with E-state index < -0.39 is 18.2 Å². The Hall–Kier alpha value is -4.37. The fraction of sp³-hybridized carbons (Fsp3) is 0.300. The number of benzene rings is 3. The van der Waals surface area contributed by atoms with Gasteiger partial charge in [0.2, 0.25) is 5.91 Å². The van der Waals surface area contributed by atoms with Crippen LogP contribution in [0, 0.1) is 0 Å². The van der Waals surface area contributed by atoms with Crippen LogP contribution in [0.25, 0.3) is 0 Å². The topological polar surface area (TPSA) is 106 Å². The van der Waals surface area contributed by atoms with Crippen LogP contribution in [0.5, 0.6) is 5.75 Å². The first kappa shape index (κ1) is 26.2. The second-order valence-corrected chi connectivity index (χ2v) is 9.52. The quantitative estimate of drug-likeness (QED) is 0.428. The van der Waals surface area contributed by atoms with Crippen LogP contribution in [0.4, 0.5) is 10.5 Å². The molecule has 3 amide bonds. The molecule has 9 heteroatoms. The van der Waals surface area contributed by atoms with Crippen molar-refractivity contribution in [3.8, 4) is 5.75 Å². The molecule has 9 nitrogen and oxygen atoms in total. The predicted octanol–water partition coefficient (Wildman–Crippen LogP) is 4.30. The predicted molar refractivity (Wildman–Crippen MR) is 144 cm³/mol. The lowest BCUT2D eigenvalue weighted by Crippen LogP contribution is -2.47. The third kappa shape index (κ3) is 6.04. The van der Waals surface area contributed by atoms with E-state index in [1.54, 1.807) is 48.5 Å². The van der Waals surface area contributed by atoms with Crippen LogP contribution in [0.2, 0.25) is 0 Å². The fourth-order valence-corrected chi connectivity index (χ4v) is 4.94. The van der Waals surface area contributed by atoms with Crippen molar-refractivity contribution in [2.75, 3.05) is 25.6 Å². The second-order valence-electron chi connectivity index (χ2n) is 9.52. The third-order valence-corrected chi connectivity index (χ3v) is 6.90. The van der Waals surface area contributed by atoms with Crippen molar-refractivity contribution in [1.29, 1.82) is 0 Å². The Balaban J connectivity index is 1.39. The number of methoxy groups -OCH3 is 1. The standard InChI is InChI=1S/C30H31N3O6/c1-37-25-15-6-5-14-24(25)28(34)32-22-12-7-11-21(17-22)27-26(29(35)31-18-23-13-8-16-38-23)33(30(36)39-27)19-20-9-3-2-4-10-20/h2-7,9-12,14-15,17,23,26-27H,8,13,16,18-19H2,1H3,(H,31,35)(H,32,34)/t23-,26+,27-/m0/s1. The number of para-hydroxylation sites is 1. The van der Waals surface area contributed by atoms with Gasteiger partial charge in [-0.2, -0.15) is 0 Å². The Morgan fingerprint density at radius 1 is 1.03 bits per heavy atom. The molecular weight excluding hydrogens is 498 g/mol. The number of nitrogens with one attached hydrogen (secondary N) is 2. The Bertz CT molecular complexity index is 1330. The van der Waals surface area contributed by atoms with E-state index in [1.165, 1.54) is 12.0 Å². The lowest BCUT2D eigenvalue weighted by atomic mass is 10.00. The molecule has 0 bridgehead atoms. The average Bonchev–Trinajstić information content (AvgIpc) is 3.60. The summed E-state index contributed by atoms with van der Waals surface area (Å²) >= 11 is 0. The van der Waals surface area contributed by atoms with Crippen LogP contribution in [0.3, 0.4) is 0 Å². The number of rotatable bonds is 9. The van der Waals surface area contributed by atoms with E-state index in [1.807, 2.05) is 30.3 Å². The molecule has 2 aliphatic heterocycles. The summed E-state index contributed by atoms with van der Waals surface area (Å²) in [4.78, 5) is 41.0. The van der Waals surface area contributed by atoms with Crippen molar-refractivity contribution in [3.63, 3.8) is 0 Å². The van der Waals surface area contributed by atoms with Gasteiger partial charge in [-0.25, -0.2) is 4.79 Å². The second kappa shape index (κ2) is 12.0. The normalized spacial score (nSPS) is 20.4. The van der Waals surface area contributed by atoms with Crippen molar-refractivity contribution >= 4 is 23.6 Å². The number of amides is 3. The SMILES string of the molecule is COc1ccccc1C(=O)Nc1cccc([C@@H]2OC(=O)N(Cc3ccccc3)[C@H]2C(=O)NC[C@@H]2CCCO2)c1. The Morgan fingerprint density at radius 2 is 1.82 bits per heavy atom. The van der Waals surface area contributed by atoms with Gasteiger partial charge in [0.25, 0.3) is 5.91 Å². The Morgan fingerprint density at radius 3 is 2.59 bits per heavy atom. The Labute approximate surface area is 227 Å². The highest BCUT2D eigenvalue weighted by Gasteiger charge is 2.47. The van der Waals surface area contributed by atoms with E-state index in [0.29, 0.717) is 35.7 Å². The van der Waals surface area contributed by atoms with Gasteiger partial charge in [0.15, 0.2) is 12.1 Å². The van der Waals surface area contributed by atoms with E-state index in [0.717, 1.165) is 18.4 Å². The van der Waals surface area contributed by atoms with E-state index in [4.69, 9.17) is 14.2 Å². The molecule has 5 rings (SSSR count). The van der Waals surface area contributed by atoms with Crippen LogP contribution in [-0.2, 0) is 20.8 Å². The van der Waals surface area contributed by atoms with Gasteiger partial charge in [-0.1, -0.05) is 54.6 Å². The molecular formula is C30H31N3O6. The molecule has 2 heterocycles. The summed E-state index contributed by atoms with van der Waals surface area (Å²) in [5.41, 5.74) is 2.36. The van der Waals surface area contributed by atoms with Gasteiger partial charge in [-0.05, 0) is 48.2 Å². The molecule has 0 saturated carbocycles. The smallest absolute Gasteiger partial charge is 0.411 e. The van der Waals surface area contributed by atoms with Crippen LogP contribution >= 0.6 is 0 Å². The monoisotopic (exact) mass is 529 g/mol. The molecule has 2 N–H and O–H groups in total. The molecule has 3 atom stereocenters. The average molecular weight is 530 g/mol. The Kier molecular flexibility index (Phi) is 8.07. The molecule has 2 fully saturated rings. The summed E-state index contributed by atoms with van der Waals surface area (Å²) in [5.74, 6) is -0.208. The lowest BCUT2D eigenvalue weighted by molar-refractivity contribution is -0.126. The van der Waals surface area contributed by atoms with E-state index in [2.05, 4.69) is 10.6 Å². The minimum Gasteiger partial charge on any atom is -0.496 e. The van der Waals surface area contributed by atoms with Crippen molar-refractivity contribution in [1.82, 2.24) is 10.2 Å². The number of hydrogen-bond acceptors (Lipinski definition) is 6. The maximum absolute atomic E-state index is 13.5. The zero-order valence-electron chi connectivity index (χ0n) is 21.7. The minimum absolute atomic E-state index is 0.0403. The summed E-state index contributed by atoms with van der Waals surface area (Å²) in [6.45, 7) is 1.27. The van der Waals surface area contributed by atoms with E-state index in [-0.39, 0.29) is 24.5 Å². The van der Waals surface area contributed by atoms with E-state index >= 15 is 0 Å². The fourth-order valence-electron chi connectivity index (χ4n) is 4.94. The summed E-state index contributed by atoms with van der Waals surface area (Å²) in [5, 5.41) is 5.84. The maximum atomic E-state index is 13.5. The van der Waals surface area contributed by atoms with Crippen LogP contribution in [0.1, 0.15) is 40.4 Å². The molecule has 3 aromatic rings. The lowest BCUT2D eigenvalue weighted by Gasteiger charge is -2.25. The highest BCUT2D eigenvalue weighted by molar-refractivity contribution is 6.06. The number of anilines is 1. The van der Waals surface area contributed by atoms with Crippen LogP contribution in [-0.4, -0.2) is 55.2 Å². The highest BCUT2D eigenvalue weighted by Crippen LogP contribution is 2.35. The minimum atomic E-state index is -0.903. The summed E-state index contributed by atoms with van der Waals surface area (Å²) in [6.07, 6.45) is 0.354. The van der Waals surface area contributed by atoms with Crippen molar-refractivity contribution in [2.45, 2.75) is 37.6 Å². The van der Waals surface area contributed by atoms with Crippen LogP contribution in [0.15, 0.2) is 78.9 Å². The molecule has 2 aliphatic rings. The zero-order chi connectivity index (χ0) is 27.2. The van der Waals surface area contributed by atoms with Gasteiger partial charge in [0.05, 0.1) is 25.3 Å². The molecule has 0 radical (unpaired) electrons. The number of ether oxygens (including phenoxy) is 3. The number of cyclic esters (lactones) is 1. The van der Waals surface area contributed by atoms with Gasteiger partial charge >= 0.3 is 6.09 Å². The first-order valence-corrected chi connectivity index (χ1v) is 13.0. The highest BCUT2D eigenvalue weighted by atomic mass is 16.6. The van der Waals surface area contributed by atoms with Gasteiger partial charge in [-0.3, -0.25) is 14.5 Å². The molecule has 202 valence electrons. The van der Waals surface area contributed by atoms with Gasteiger partial charge in [0, 0.05) is 18.8 Å². The molecule has 0 aliphatic carbocycles. The number of nitrogens with zero attached hydrogens (tertiary/aromatic N) is 1. The van der Waals surface area contributed by atoms with Gasteiger partial charge in [0.1, 0.15) is 5.75 Å². The largest absolute Gasteiger partial charge is 0.496 e. The van der Waals surface area contributed by atoms with E-state index in [9.17, 15) is 14.4 Å². The summed E-state index contributed by atoms with van der Waals surface area (Å²) in [7, 11) is 1.51. The van der Waals surface area contributed by atoms with Crippen molar-refractivity contribution in [3.05, 3.63) is 95.6 Å². The van der Waals surface area contributed by atoms with Crippen molar-refractivity contribution < 1.29 is 28.6 Å². The van der Waals surface area contributed by atoms with Crippen molar-refractivity contribution in [2.24, 2.45) is 0 Å². The molecule has 2 saturated heterocycles. The molecule has 3 aromatic carbocycles. The molecule has 0 aromatic heterocycles. The molecule has 0 spiro atoms. The first-order valence-electron chi connectivity index (χ1n) is 13.0. The van der Waals surface area contributed by atoms with Gasteiger partial charge in [-0.15, -0.1) is 0 Å². The molecule has 0 unspecified atom stereocenters. The van der Waals surface area contributed by atoms with Crippen LogP contribution < -0.4 is 15.4 Å². The summed E-state index contributed by atoms with van der Waals surface area (Å²) in [6, 6.07) is 22.5. The number of hydrogen-bond donors (Lipinski definition) is 2.